The van der Waals surface area contributed by atoms with Crippen LogP contribution in [0.5, 0.6) is 0 Å². The van der Waals surface area contributed by atoms with Gasteiger partial charge in [-0.15, -0.1) is 0 Å². The quantitative estimate of drug-likeness (QED) is 0.169. The van der Waals surface area contributed by atoms with Crippen LogP contribution in [-0.4, -0.2) is 0 Å². The fourth-order valence-corrected chi connectivity index (χ4v) is 11.3. The molecule has 12 rings (SSSR count). The number of nitrogens with zero attached hydrogens (tertiary/aromatic N) is 1. The number of anilines is 3. The maximum absolute atomic E-state index is 6.85. The van der Waals surface area contributed by atoms with E-state index in [1.165, 1.54) is 75.8 Å². The van der Waals surface area contributed by atoms with Crippen molar-refractivity contribution in [3.63, 3.8) is 0 Å². The first-order chi connectivity index (χ1) is 28.3. The zero-order valence-corrected chi connectivity index (χ0v) is 31.7. The normalized spacial score (nSPS) is 19.0. The summed E-state index contributed by atoms with van der Waals surface area (Å²) in [5.41, 5.74) is 18.3. The molecule has 0 N–H and O–H groups in total. The molecule has 3 aliphatic rings. The first kappa shape index (κ1) is 32.6. The van der Waals surface area contributed by atoms with E-state index in [9.17, 15) is 0 Å². The Hall–Kier alpha value is -6.64. The maximum Gasteiger partial charge on any atom is 0.159 e. The van der Waals surface area contributed by atoms with E-state index >= 15 is 0 Å². The largest absolute Gasteiger partial charge is 0.454 e. The average Bonchev–Trinajstić information content (AvgIpc) is 4.06. The molecule has 2 bridgehead atoms. The van der Waals surface area contributed by atoms with Crippen molar-refractivity contribution in [2.24, 2.45) is 11.8 Å². The molecule has 0 amide bonds. The molecular weight excluding hydrogens is 691 g/mol. The molecule has 3 unspecified atom stereocenters. The van der Waals surface area contributed by atoms with E-state index in [0.717, 1.165) is 44.9 Å². The molecule has 272 valence electrons. The van der Waals surface area contributed by atoms with E-state index in [0.29, 0.717) is 5.92 Å². The van der Waals surface area contributed by atoms with Gasteiger partial charge in [0, 0.05) is 27.4 Å². The van der Waals surface area contributed by atoms with E-state index in [2.05, 4.69) is 193 Å². The van der Waals surface area contributed by atoms with Crippen LogP contribution in [0.25, 0.3) is 66.4 Å². The van der Waals surface area contributed by atoms with Gasteiger partial charge >= 0.3 is 0 Å². The van der Waals surface area contributed by atoms with Crippen LogP contribution >= 0.6 is 0 Å². The summed E-state index contributed by atoms with van der Waals surface area (Å²) in [6, 6.07) is 69.1. The summed E-state index contributed by atoms with van der Waals surface area (Å²) < 4.78 is 6.85. The van der Waals surface area contributed by atoms with Crippen molar-refractivity contribution in [2.45, 2.75) is 31.1 Å². The Kier molecular flexibility index (Phi) is 7.26. The maximum atomic E-state index is 6.85. The Morgan fingerprint density at radius 2 is 1.07 bits per heavy atom. The van der Waals surface area contributed by atoms with Crippen LogP contribution in [0.1, 0.15) is 36.8 Å². The molecule has 2 saturated carbocycles. The minimum absolute atomic E-state index is 0.0646. The van der Waals surface area contributed by atoms with E-state index in [1.54, 1.807) is 5.56 Å². The standard InChI is InChI=1S/C55H41NO/c1-2-15-37(16-3-1)40-17-4-5-18-41(40)42-19-6-7-20-43(42)46-22-9-12-26-51(46)56(52-27-14-24-48-47-23-10-13-28-53(47)57-54(48)52)39-31-32-45-44-21-8-11-25-49(44)55(50(45)34-39)35-36-29-30-38(55)33-36/h1-28,31-32,34,36,38H,29-30,33,35H2. The van der Waals surface area contributed by atoms with Crippen molar-refractivity contribution >= 4 is 39.0 Å². The average molecular weight is 732 g/mol. The van der Waals surface area contributed by atoms with Gasteiger partial charge in [0.1, 0.15) is 5.58 Å². The molecule has 0 saturated heterocycles. The summed E-state index contributed by atoms with van der Waals surface area (Å²) in [4.78, 5) is 2.49. The number of furan rings is 1. The van der Waals surface area contributed by atoms with E-state index in [4.69, 9.17) is 4.42 Å². The van der Waals surface area contributed by atoms with Gasteiger partial charge < -0.3 is 9.32 Å². The molecule has 1 heterocycles. The lowest BCUT2D eigenvalue weighted by molar-refractivity contribution is 0.327. The van der Waals surface area contributed by atoms with Gasteiger partial charge in [-0.3, -0.25) is 0 Å². The van der Waals surface area contributed by atoms with Gasteiger partial charge in [0.05, 0.1) is 11.4 Å². The third kappa shape index (κ3) is 4.83. The monoisotopic (exact) mass is 731 g/mol. The SMILES string of the molecule is c1ccc(-c2ccccc2-c2ccccc2-c2ccccc2N(c2ccc3c(c2)C2(CC4CCC2C4)c2ccccc2-3)c2cccc3c2oc2ccccc23)cc1. The van der Waals surface area contributed by atoms with Crippen LogP contribution in [0.15, 0.2) is 192 Å². The lowest BCUT2D eigenvalue weighted by Gasteiger charge is -2.37. The topological polar surface area (TPSA) is 16.4 Å². The van der Waals surface area contributed by atoms with Crippen molar-refractivity contribution < 1.29 is 4.42 Å². The molecule has 2 nitrogen and oxygen atoms in total. The number of hydrogen-bond donors (Lipinski definition) is 0. The summed E-state index contributed by atoms with van der Waals surface area (Å²) in [7, 11) is 0. The second-order valence-electron chi connectivity index (χ2n) is 16.4. The Bertz CT molecular complexity index is 3010. The highest BCUT2D eigenvalue weighted by Gasteiger charge is 2.56. The molecular formula is C55H41NO. The zero-order chi connectivity index (χ0) is 37.5. The van der Waals surface area contributed by atoms with Gasteiger partial charge in [0.15, 0.2) is 5.58 Å². The summed E-state index contributed by atoms with van der Waals surface area (Å²) in [6.07, 6.45) is 5.26. The number of para-hydroxylation sites is 3. The van der Waals surface area contributed by atoms with Crippen LogP contribution in [0.4, 0.5) is 17.1 Å². The molecule has 3 aliphatic carbocycles. The lowest BCUT2D eigenvalue weighted by Crippen LogP contribution is -2.32. The zero-order valence-electron chi connectivity index (χ0n) is 31.7. The Balaban J connectivity index is 1.11. The van der Waals surface area contributed by atoms with Gasteiger partial charge in [-0.05, 0) is 112 Å². The number of fused-ring (bicyclic) bond motifs is 11. The minimum atomic E-state index is 0.0646. The smallest absolute Gasteiger partial charge is 0.159 e. The first-order valence-electron chi connectivity index (χ1n) is 20.5. The Morgan fingerprint density at radius 3 is 1.86 bits per heavy atom. The van der Waals surface area contributed by atoms with Crippen molar-refractivity contribution in [1.82, 2.24) is 0 Å². The van der Waals surface area contributed by atoms with Gasteiger partial charge in [-0.1, -0.05) is 164 Å². The highest BCUT2D eigenvalue weighted by atomic mass is 16.3. The highest BCUT2D eigenvalue weighted by Crippen LogP contribution is 2.66. The van der Waals surface area contributed by atoms with Crippen LogP contribution in [0.3, 0.4) is 0 Å². The van der Waals surface area contributed by atoms with Crippen molar-refractivity contribution in [2.75, 3.05) is 4.90 Å². The second-order valence-corrected chi connectivity index (χ2v) is 16.4. The van der Waals surface area contributed by atoms with Gasteiger partial charge in [0.25, 0.3) is 0 Å². The summed E-state index contributed by atoms with van der Waals surface area (Å²) >= 11 is 0. The molecule has 0 aliphatic heterocycles. The summed E-state index contributed by atoms with van der Waals surface area (Å²) in [5.74, 6) is 1.48. The first-order valence-corrected chi connectivity index (χ1v) is 20.5. The van der Waals surface area contributed by atoms with Crippen LogP contribution in [0, 0.1) is 11.8 Å². The van der Waals surface area contributed by atoms with Crippen LogP contribution < -0.4 is 4.90 Å². The van der Waals surface area contributed by atoms with Crippen LogP contribution in [-0.2, 0) is 5.41 Å². The van der Waals surface area contributed by atoms with E-state index < -0.39 is 0 Å². The lowest BCUT2D eigenvalue weighted by atomic mass is 9.67. The predicted octanol–water partition coefficient (Wildman–Crippen LogP) is 15.1. The number of hydrogen-bond acceptors (Lipinski definition) is 2. The minimum Gasteiger partial charge on any atom is -0.454 e. The van der Waals surface area contributed by atoms with Gasteiger partial charge in [-0.2, -0.15) is 0 Å². The van der Waals surface area contributed by atoms with Gasteiger partial charge in [-0.25, -0.2) is 0 Å². The van der Waals surface area contributed by atoms with Gasteiger partial charge in [0.2, 0.25) is 0 Å². The fraction of sp³-hybridized carbons (Fsp3) is 0.127. The molecule has 9 aromatic rings. The molecule has 2 heteroatoms. The van der Waals surface area contributed by atoms with Crippen molar-refractivity contribution in [3.8, 4) is 44.5 Å². The Morgan fingerprint density at radius 1 is 0.456 bits per heavy atom. The molecule has 0 radical (unpaired) electrons. The third-order valence-electron chi connectivity index (χ3n) is 13.6. The van der Waals surface area contributed by atoms with Crippen molar-refractivity contribution in [1.29, 1.82) is 0 Å². The van der Waals surface area contributed by atoms with E-state index in [1.807, 2.05) is 0 Å². The van der Waals surface area contributed by atoms with Crippen molar-refractivity contribution in [3.05, 3.63) is 199 Å². The molecule has 1 spiro atoms. The molecule has 3 atom stereocenters. The number of rotatable bonds is 6. The molecule has 2 fully saturated rings. The second kappa shape index (κ2) is 12.7. The molecule has 1 aromatic heterocycles. The third-order valence-corrected chi connectivity index (χ3v) is 13.6. The molecule has 57 heavy (non-hydrogen) atoms. The van der Waals surface area contributed by atoms with Crippen LogP contribution in [0.2, 0.25) is 0 Å². The highest BCUT2D eigenvalue weighted by molar-refractivity contribution is 6.11. The fourth-order valence-electron chi connectivity index (χ4n) is 11.3. The Labute approximate surface area is 333 Å². The van der Waals surface area contributed by atoms with E-state index in [-0.39, 0.29) is 5.41 Å². The summed E-state index contributed by atoms with van der Waals surface area (Å²) in [6.45, 7) is 0. The summed E-state index contributed by atoms with van der Waals surface area (Å²) in [5, 5.41) is 2.26. The number of benzene rings is 8. The molecule has 8 aromatic carbocycles. The predicted molar refractivity (Wildman–Crippen MR) is 236 cm³/mol.